The molecule has 0 N–H and O–H groups in total. The lowest BCUT2D eigenvalue weighted by atomic mass is 10.2. The molecule has 0 amide bonds. The van der Waals surface area contributed by atoms with Gasteiger partial charge in [0.25, 0.3) is 0 Å². The molecule has 5 heteroatoms. The Morgan fingerprint density at radius 3 is 2.57 bits per heavy atom. The summed E-state index contributed by atoms with van der Waals surface area (Å²) in [4.78, 5) is 16.3. The Morgan fingerprint density at radius 1 is 1.14 bits per heavy atom. The van der Waals surface area contributed by atoms with Gasteiger partial charge < -0.3 is 9.47 Å². The topological polar surface area (TPSA) is 47.9 Å². The van der Waals surface area contributed by atoms with Crippen molar-refractivity contribution in [1.82, 2.24) is 0 Å². The van der Waals surface area contributed by atoms with Crippen molar-refractivity contribution in [2.24, 2.45) is 4.99 Å². The van der Waals surface area contributed by atoms with E-state index < -0.39 is 12.2 Å². The number of esters is 1. The Labute approximate surface area is 130 Å². The van der Waals surface area contributed by atoms with E-state index in [4.69, 9.17) is 9.47 Å². The van der Waals surface area contributed by atoms with Crippen molar-refractivity contribution in [2.75, 3.05) is 6.61 Å². The SMILES string of the molecule is O=C(OC1COC(c2ccccc2)=N1)c1ccc(Br)cc1. The summed E-state index contributed by atoms with van der Waals surface area (Å²) in [5, 5.41) is 0. The van der Waals surface area contributed by atoms with Gasteiger partial charge in [-0.25, -0.2) is 9.79 Å². The summed E-state index contributed by atoms with van der Waals surface area (Å²) in [5.41, 5.74) is 1.36. The van der Waals surface area contributed by atoms with Crippen LogP contribution in [0.3, 0.4) is 0 Å². The average Bonchev–Trinajstić information content (AvgIpc) is 2.97. The number of halogens is 1. The van der Waals surface area contributed by atoms with Gasteiger partial charge in [0.1, 0.15) is 6.61 Å². The van der Waals surface area contributed by atoms with Crippen LogP contribution < -0.4 is 0 Å². The highest BCUT2D eigenvalue weighted by Crippen LogP contribution is 2.16. The number of nitrogens with zero attached hydrogens (tertiary/aromatic N) is 1. The van der Waals surface area contributed by atoms with Crippen LogP contribution in [0.15, 0.2) is 64.1 Å². The van der Waals surface area contributed by atoms with E-state index in [2.05, 4.69) is 20.9 Å². The minimum Gasteiger partial charge on any atom is -0.471 e. The van der Waals surface area contributed by atoms with Gasteiger partial charge in [-0.1, -0.05) is 34.1 Å². The minimum absolute atomic E-state index is 0.243. The molecule has 3 rings (SSSR count). The largest absolute Gasteiger partial charge is 0.471 e. The Kier molecular flexibility index (Phi) is 4.01. The fourth-order valence-corrected chi connectivity index (χ4v) is 2.20. The summed E-state index contributed by atoms with van der Waals surface area (Å²) in [6.45, 7) is 0.243. The van der Waals surface area contributed by atoms with Gasteiger partial charge in [-0.15, -0.1) is 0 Å². The van der Waals surface area contributed by atoms with E-state index in [0.29, 0.717) is 11.5 Å². The molecule has 2 aromatic carbocycles. The molecule has 1 atom stereocenters. The lowest BCUT2D eigenvalue weighted by Gasteiger charge is -2.07. The maximum Gasteiger partial charge on any atom is 0.340 e. The summed E-state index contributed by atoms with van der Waals surface area (Å²) in [7, 11) is 0. The van der Waals surface area contributed by atoms with Crippen LogP contribution in [0.5, 0.6) is 0 Å². The number of carbonyl (C=O) groups excluding carboxylic acids is 1. The first-order valence-electron chi connectivity index (χ1n) is 6.45. The molecular weight excluding hydrogens is 334 g/mol. The van der Waals surface area contributed by atoms with Gasteiger partial charge in [-0.2, -0.15) is 0 Å². The molecule has 0 spiro atoms. The van der Waals surface area contributed by atoms with Crippen LogP contribution >= 0.6 is 15.9 Å². The lowest BCUT2D eigenvalue weighted by Crippen LogP contribution is -2.17. The summed E-state index contributed by atoms with van der Waals surface area (Å²) in [6, 6.07) is 16.5. The van der Waals surface area contributed by atoms with E-state index in [9.17, 15) is 4.79 Å². The van der Waals surface area contributed by atoms with Crippen LogP contribution in [-0.4, -0.2) is 24.7 Å². The predicted octanol–water partition coefficient (Wildman–Crippen LogP) is 3.41. The third-order valence-corrected chi connectivity index (χ3v) is 3.50. The monoisotopic (exact) mass is 345 g/mol. The summed E-state index contributed by atoms with van der Waals surface area (Å²) >= 11 is 3.32. The Bertz CT molecular complexity index is 668. The first-order valence-corrected chi connectivity index (χ1v) is 7.24. The number of benzene rings is 2. The highest BCUT2D eigenvalue weighted by molar-refractivity contribution is 9.10. The first kappa shape index (κ1) is 13.8. The average molecular weight is 346 g/mol. The second-order valence-electron chi connectivity index (χ2n) is 4.48. The van der Waals surface area contributed by atoms with Gasteiger partial charge in [0.2, 0.25) is 12.1 Å². The molecule has 1 aliphatic rings. The van der Waals surface area contributed by atoms with Gasteiger partial charge in [-0.05, 0) is 36.4 Å². The first-order chi connectivity index (χ1) is 10.2. The zero-order chi connectivity index (χ0) is 14.7. The molecule has 4 nitrogen and oxygen atoms in total. The van der Waals surface area contributed by atoms with Crippen LogP contribution in [0.2, 0.25) is 0 Å². The highest BCUT2D eigenvalue weighted by atomic mass is 79.9. The van der Waals surface area contributed by atoms with Crippen molar-refractivity contribution in [3.8, 4) is 0 Å². The molecule has 21 heavy (non-hydrogen) atoms. The van der Waals surface area contributed by atoms with Crippen molar-refractivity contribution in [1.29, 1.82) is 0 Å². The standard InChI is InChI=1S/C16H12BrNO3/c17-13-8-6-12(7-9-13)16(19)21-14-10-20-15(18-14)11-4-2-1-3-5-11/h1-9,14H,10H2. The number of hydrogen-bond donors (Lipinski definition) is 0. The van der Waals surface area contributed by atoms with Gasteiger partial charge in [0.05, 0.1) is 5.56 Å². The van der Waals surface area contributed by atoms with Gasteiger partial charge >= 0.3 is 5.97 Å². The van der Waals surface area contributed by atoms with Crippen molar-refractivity contribution in [3.63, 3.8) is 0 Å². The van der Waals surface area contributed by atoms with Gasteiger partial charge in [0, 0.05) is 10.0 Å². The van der Waals surface area contributed by atoms with Crippen LogP contribution in [-0.2, 0) is 9.47 Å². The molecule has 0 saturated heterocycles. The summed E-state index contributed by atoms with van der Waals surface area (Å²) in [5.74, 6) is 0.0957. The van der Waals surface area contributed by atoms with E-state index in [1.165, 1.54) is 0 Å². The molecule has 1 unspecified atom stereocenters. The Morgan fingerprint density at radius 2 is 1.86 bits per heavy atom. The smallest absolute Gasteiger partial charge is 0.340 e. The Balaban J connectivity index is 1.68. The number of hydrogen-bond acceptors (Lipinski definition) is 4. The number of carbonyl (C=O) groups is 1. The van der Waals surface area contributed by atoms with E-state index in [0.717, 1.165) is 10.0 Å². The molecule has 1 aliphatic heterocycles. The molecule has 0 radical (unpaired) electrons. The van der Waals surface area contributed by atoms with Gasteiger partial charge in [0.15, 0.2) is 0 Å². The quantitative estimate of drug-likeness (QED) is 0.801. The van der Waals surface area contributed by atoms with Crippen LogP contribution in [0.1, 0.15) is 15.9 Å². The fraction of sp³-hybridized carbons (Fsp3) is 0.125. The fourth-order valence-electron chi connectivity index (χ4n) is 1.93. The lowest BCUT2D eigenvalue weighted by molar-refractivity contribution is 0.0262. The normalized spacial score (nSPS) is 17.0. The number of ether oxygens (including phenoxy) is 2. The minimum atomic E-state index is -0.601. The maximum atomic E-state index is 12.0. The maximum absolute atomic E-state index is 12.0. The number of aliphatic imine (C=N–C) groups is 1. The van der Waals surface area contributed by atoms with Crippen LogP contribution in [0.25, 0.3) is 0 Å². The van der Waals surface area contributed by atoms with Crippen molar-refractivity contribution >= 4 is 27.8 Å². The second kappa shape index (κ2) is 6.10. The molecular formula is C16H12BrNO3. The van der Waals surface area contributed by atoms with Crippen LogP contribution in [0, 0.1) is 0 Å². The summed E-state index contributed by atoms with van der Waals surface area (Å²) in [6.07, 6.45) is -0.601. The third-order valence-electron chi connectivity index (χ3n) is 2.97. The molecule has 1 heterocycles. The zero-order valence-electron chi connectivity index (χ0n) is 11.0. The van der Waals surface area contributed by atoms with E-state index in [-0.39, 0.29) is 6.61 Å². The van der Waals surface area contributed by atoms with Crippen molar-refractivity contribution < 1.29 is 14.3 Å². The Hall–Kier alpha value is -2.14. The van der Waals surface area contributed by atoms with Crippen molar-refractivity contribution in [2.45, 2.75) is 6.23 Å². The molecule has 0 fully saturated rings. The molecule has 0 bridgehead atoms. The van der Waals surface area contributed by atoms with Crippen LogP contribution in [0.4, 0.5) is 0 Å². The van der Waals surface area contributed by atoms with E-state index >= 15 is 0 Å². The van der Waals surface area contributed by atoms with E-state index in [1.54, 1.807) is 24.3 Å². The molecule has 0 saturated carbocycles. The summed E-state index contributed by atoms with van der Waals surface area (Å²) < 4.78 is 11.7. The van der Waals surface area contributed by atoms with Gasteiger partial charge in [-0.3, -0.25) is 0 Å². The van der Waals surface area contributed by atoms with E-state index in [1.807, 2.05) is 30.3 Å². The zero-order valence-corrected chi connectivity index (χ0v) is 12.6. The highest BCUT2D eigenvalue weighted by Gasteiger charge is 2.23. The van der Waals surface area contributed by atoms with Crippen molar-refractivity contribution in [3.05, 3.63) is 70.2 Å². The third kappa shape index (κ3) is 3.31. The second-order valence-corrected chi connectivity index (χ2v) is 5.39. The molecule has 0 aliphatic carbocycles. The molecule has 0 aromatic heterocycles. The number of rotatable bonds is 3. The predicted molar refractivity (Wildman–Crippen MR) is 82.3 cm³/mol. The molecule has 2 aromatic rings. The molecule has 106 valence electrons.